The number of anilines is 1. The number of nitrogens with one attached hydrogen (secondary N) is 1. The van der Waals surface area contributed by atoms with Crippen molar-refractivity contribution < 1.29 is 9.53 Å². The summed E-state index contributed by atoms with van der Waals surface area (Å²) < 4.78 is 5.19. The highest BCUT2D eigenvalue weighted by Gasteiger charge is 2.23. The molecule has 0 bridgehead atoms. The first-order chi connectivity index (χ1) is 11.3. The van der Waals surface area contributed by atoms with Crippen LogP contribution in [0.25, 0.3) is 0 Å². The average molecular weight is 311 g/mol. The standard InChI is InChI=1S/C18H21N3O2/c1-23-17-4-2-16(3-5-17)21-11-8-14(13-21)12-20-18(22)15-6-9-19-10-7-15/h2-7,9-10,14H,8,11-13H2,1H3,(H,20,22). The van der Waals surface area contributed by atoms with Crippen molar-refractivity contribution in [1.29, 1.82) is 0 Å². The molecule has 23 heavy (non-hydrogen) atoms. The third kappa shape index (κ3) is 3.80. The Morgan fingerprint density at radius 2 is 2.00 bits per heavy atom. The largest absolute Gasteiger partial charge is 0.497 e. The van der Waals surface area contributed by atoms with Gasteiger partial charge in [-0.25, -0.2) is 0 Å². The van der Waals surface area contributed by atoms with Crippen LogP contribution in [0, 0.1) is 5.92 Å². The highest BCUT2D eigenvalue weighted by Crippen LogP contribution is 2.25. The number of carbonyl (C=O) groups excluding carboxylic acids is 1. The molecule has 120 valence electrons. The Bertz CT molecular complexity index is 643. The van der Waals surface area contributed by atoms with Crippen LogP contribution in [-0.2, 0) is 0 Å². The Hall–Kier alpha value is -2.56. The molecule has 0 aliphatic carbocycles. The first-order valence-corrected chi connectivity index (χ1v) is 7.83. The number of hydrogen-bond acceptors (Lipinski definition) is 4. The van der Waals surface area contributed by atoms with E-state index < -0.39 is 0 Å². The van der Waals surface area contributed by atoms with Crippen LogP contribution < -0.4 is 15.0 Å². The SMILES string of the molecule is COc1ccc(N2CCC(CNC(=O)c3ccncc3)C2)cc1. The van der Waals surface area contributed by atoms with Gasteiger partial charge in [0.25, 0.3) is 5.91 Å². The number of carbonyl (C=O) groups is 1. The van der Waals surface area contributed by atoms with Crippen molar-refractivity contribution in [1.82, 2.24) is 10.3 Å². The summed E-state index contributed by atoms with van der Waals surface area (Å²) in [6.07, 6.45) is 4.36. The zero-order chi connectivity index (χ0) is 16.1. The van der Waals surface area contributed by atoms with Crippen molar-refractivity contribution in [3.63, 3.8) is 0 Å². The second kappa shape index (κ2) is 7.13. The molecular formula is C18H21N3O2. The molecule has 1 aromatic heterocycles. The minimum absolute atomic E-state index is 0.0321. The van der Waals surface area contributed by atoms with Gasteiger partial charge in [0.05, 0.1) is 7.11 Å². The summed E-state index contributed by atoms with van der Waals surface area (Å²) in [5.41, 5.74) is 1.86. The molecular weight excluding hydrogens is 290 g/mol. The topological polar surface area (TPSA) is 54.5 Å². The first kappa shape index (κ1) is 15.3. The molecule has 0 spiro atoms. The minimum atomic E-state index is -0.0321. The molecule has 1 fully saturated rings. The zero-order valence-corrected chi connectivity index (χ0v) is 13.2. The smallest absolute Gasteiger partial charge is 0.251 e. The molecule has 2 aromatic rings. The Morgan fingerprint density at radius 1 is 1.26 bits per heavy atom. The van der Waals surface area contributed by atoms with Gasteiger partial charge in [0.1, 0.15) is 5.75 Å². The molecule has 1 aromatic carbocycles. The van der Waals surface area contributed by atoms with E-state index in [4.69, 9.17) is 4.74 Å². The van der Waals surface area contributed by atoms with E-state index in [2.05, 4.69) is 27.3 Å². The molecule has 5 heteroatoms. The van der Waals surface area contributed by atoms with Crippen molar-refractivity contribution >= 4 is 11.6 Å². The Balaban J connectivity index is 1.50. The van der Waals surface area contributed by atoms with E-state index in [9.17, 15) is 4.79 Å². The van der Waals surface area contributed by atoms with E-state index in [1.165, 1.54) is 5.69 Å². The van der Waals surface area contributed by atoms with E-state index >= 15 is 0 Å². The maximum Gasteiger partial charge on any atom is 0.251 e. The Morgan fingerprint density at radius 3 is 2.70 bits per heavy atom. The number of benzene rings is 1. The van der Waals surface area contributed by atoms with Crippen molar-refractivity contribution in [2.45, 2.75) is 6.42 Å². The summed E-state index contributed by atoms with van der Waals surface area (Å²) in [6.45, 7) is 2.68. The number of hydrogen-bond donors (Lipinski definition) is 1. The van der Waals surface area contributed by atoms with Gasteiger partial charge in [-0.1, -0.05) is 0 Å². The summed E-state index contributed by atoms with van der Waals surface area (Å²) in [5, 5.41) is 3.02. The predicted molar refractivity (Wildman–Crippen MR) is 89.9 cm³/mol. The lowest BCUT2D eigenvalue weighted by atomic mass is 10.1. The summed E-state index contributed by atoms with van der Waals surface area (Å²) in [4.78, 5) is 18.3. The third-order valence-electron chi connectivity index (χ3n) is 4.22. The normalized spacial score (nSPS) is 17.1. The number of aromatic nitrogens is 1. The lowest BCUT2D eigenvalue weighted by Crippen LogP contribution is -2.31. The fraction of sp³-hybridized carbons (Fsp3) is 0.333. The van der Waals surface area contributed by atoms with Gasteiger partial charge in [0.2, 0.25) is 0 Å². The van der Waals surface area contributed by atoms with E-state index in [0.29, 0.717) is 18.0 Å². The van der Waals surface area contributed by atoms with Gasteiger partial charge in [-0.3, -0.25) is 9.78 Å². The molecule has 1 N–H and O–H groups in total. The first-order valence-electron chi connectivity index (χ1n) is 7.83. The van der Waals surface area contributed by atoms with E-state index in [1.54, 1.807) is 31.6 Å². The molecule has 5 nitrogen and oxygen atoms in total. The van der Waals surface area contributed by atoms with Gasteiger partial charge in [-0.15, -0.1) is 0 Å². The lowest BCUT2D eigenvalue weighted by Gasteiger charge is -2.19. The van der Waals surface area contributed by atoms with E-state index in [1.807, 2.05) is 12.1 Å². The molecule has 1 unspecified atom stereocenters. The number of methoxy groups -OCH3 is 1. The molecule has 1 amide bonds. The number of ether oxygens (including phenoxy) is 1. The van der Waals surface area contributed by atoms with Gasteiger partial charge >= 0.3 is 0 Å². The molecule has 1 saturated heterocycles. The monoisotopic (exact) mass is 311 g/mol. The third-order valence-corrected chi connectivity index (χ3v) is 4.22. The Kier molecular flexibility index (Phi) is 4.76. The molecule has 3 rings (SSSR count). The molecule has 0 saturated carbocycles. The van der Waals surface area contributed by atoms with Gasteiger partial charge in [-0.2, -0.15) is 0 Å². The van der Waals surface area contributed by atoms with Crippen LogP contribution in [-0.4, -0.2) is 37.6 Å². The summed E-state index contributed by atoms with van der Waals surface area (Å²) in [7, 11) is 1.67. The van der Waals surface area contributed by atoms with Gasteiger partial charge in [0, 0.05) is 43.3 Å². The molecule has 1 atom stereocenters. The van der Waals surface area contributed by atoms with Crippen LogP contribution in [0.2, 0.25) is 0 Å². The maximum absolute atomic E-state index is 12.1. The zero-order valence-electron chi connectivity index (χ0n) is 13.2. The number of nitrogens with zero attached hydrogens (tertiary/aromatic N) is 2. The van der Waals surface area contributed by atoms with Crippen LogP contribution >= 0.6 is 0 Å². The predicted octanol–water partition coefficient (Wildman–Crippen LogP) is 2.35. The quantitative estimate of drug-likeness (QED) is 0.921. The van der Waals surface area contributed by atoms with Crippen LogP contribution in [0.15, 0.2) is 48.8 Å². The van der Waals surface area contributed by atoms with Crippen LogP contribution in [0.5, 0.6) is 5.75 Å². The van der Waals surface area contributed by atoms with Crippen LogP contribution in [0.1, 0.15) is 16.8 Å². The number of rotatable bonds is 5. The van der Waals surface area contributed by atoms with Crippen LogP contribution in [0.3, 0.4) is 0 Å². The summed E-state index contributed by atoms with van der Waals surface area (Å²) in [6, 6.07) is 11.6. The molecule has 1 aliphatic rings. The summed E-state index contributed by atoms with van der Waals surface area (Å²) >= 11 is 0. The van der Waals surface area contributed by atoms with E-state index in [-0.39, 0.29) is 5.91 Å². The average Bonchev–Trinajstić information content (AvgIpc) is 3.09. The maximum atomic E-state index is 12.1. The molecule has 0 radical (unpaired) electrons. The van der Waals surface area contributed by atoms with Crippen molar-refractivity contribution in [2.24, 2.45) is 5.92 Å². The van der Waals surface area contributed by atoms with Gasteiger partial charge < -0.3 is 15.0 Å². The minimum Gasteiger partial charge on any atom is -0.497 e. The molecule has 1 aliphatic heterocycles. The number of amides is 1. The fourth-order valence-corrected chi connectivity index (χ4v) is 2.87. The van der Waals surface area contributed by atoms with E-state index in [0.717, 1.165) is 25.3 Å². The van der Waals surface area contributed by atoms with Crippen molar-refractivity contribution in [3.05, 3.63) is 54.4 Å². The number of pyridine rings is 1. The second-order valence-electron chi connectivity index (χ2n) is 5.74. The fourth-order valence-electron chi connectivity index (χ4n) is 2.87. The van der Waals surface area contributed by atoms with Crippen molar-refractivity contribution in [2.75, 3.05) is 31.6 Å². The van der Waals surface area contributed by atoms with Crippen LogP contribution in [0.4, 0.5) is 5.69 Å². The highest BCUT2D eigenvalue weighted by molar-refractivity contribution is 5.93. The highest BCUT2D eigenvalue weighted by atomic mass is 16.5. The van der Waals surface area contributed by atoms with Gasteiger partial charge in [0.15, 0.2) is 0 Å². The molecule has 2 heterocycles. The summed E-state index contributed by atoms with van der Waals surface area (Å²) in [5.74, 6) is 1.31. The van der Waals surface area contributed by atoms with Crippen molar-refractivity contribution in [3.8, 4) is 5.75 Å². The van der Waals surface area contributed by atoms with Gasteiger partial charge in [-0.05, 0) is 48.7 Å². The second-order valence-corrected chi connectivity index (χ2v) is 5.74. The lowest BCUT2D eigenvalue weighted by molar-refractivity contribution is 0.0948. The Labute approximate surface area is 136 Å².